The van der Waals surface area contributed by atoms with Crippen LogP contribution in [0, 0.1) is 0 Å². The van der Waals surface area contributed by atoms with Crippen molar-refractivity contribution in [3.63, 3.8) is 0 Å². The van der Waals surface area contributed by atoms with Gasteiger partial charge in [-0.1, -0.05) is 33.3 Å². The number of rotatable bonds is 4. The van der Waals surface area contributed by atoms with Crippen LogP contribution in [0.3, 0.4) is 0 Å². The maximum Gasteiger partial charge on any atom is 0.260 e. The van der Waals surface area contributed by atoms with E-state index in [9.17, 15) is 8.42 Å². The molecule has 21 heavy (non-hydrogen) atoms. The Bertz CT molecular complexity index is 768. The van der Waals surface area contributed by atoms with E-state index in [1.807, 2.05) is 24.3 Å². The lowest BCUT2D eigenvalue weighted by molar-refractivity contribution is 0.224. The van der Waals surface area contributed by atoms with Crippen molar-refractivity contribution >= 4 is 26.0 Å². The molecule has 1 N–H and O–H groups in total. The van der Waals surface area contributed by atoms with Crippen molar-refractivity contribution in [1.82, 2.24) is 19.7 Å². The molecule has 0 radical (unpaired) electrons. The van der Waals surface area contributed by atoms with Gasteiger partial charge in [-0.25, -0.2) is 13.1 Å². The summed E-state index contributed by atoms with van der Waals surface area (Å²) < 4.78 is 30.2. The van der Waals surface area contributed by atoms with Gasteiger partial charge in [-0.3, -0.25) is 0 Å². The standard InChI is InChI=1S/C13H15BrN4O2S/c1-18-12(9-15-17-18)21(19,20)16-13(6-3-7-13)10-4-2-5-11(14)8-10/h2,4-5,8-9,16H,3,6-7H2,1H3. The van der Waals surface area contributed by atoms with Crippen LogP contribution >= 0.6 is 15.9 Å². The first-order chi connectivity index (χ1) is 9.93. The predicted molar refractivity (Wildman–Crippen MR) is 81.0 cm³/mol. The molecule has 112 valence electrons. The highest BCUT2D eigenvalue weighted by Gasteiger charge is 2.43. The van der Waals surface area contributed by atoms with Crippen molar-refractivity contribution in [2.45, 2.75) is 29.8 Å². The summed E-state index contributed by atoms with van der Waals surface area (Å²) in [6, 6.07) is 7.76. The quantitative estimate of drug-likeness (QED) is 0.891. The Morgan fingerprint density at radius 1 is 1.38 bits per heavy atom. The second-order valence-electron chi connectivity index (χ2n) is 5.25. The molecule has 0 amide bonds. The zero-order valence-corrected chi connectivity index (χ0v) is 13.9. The molecule has 1 aromatic heterocycles. The van der Waals surface area contributed by atoms with E-state index in [0.717, 1.165) is 29.3 Å². The molecule has 0 spiro atoms. The first kappa shape index (κ1) is 14.7. The minimum atomic E-state index is -3.65. The monoisotopic (exact) mass is 370 g/mol. The molecule has 0 unspecified atom stereocenters. The topological polar surface area (TPSA) is 76.9 Å². The molecule has 1 fully saturated rings. The number of aryl methyl sites for hydroxylation is 1. The van der Waals surface area contributed by atoms with Gasteiger partial charge in [0.1, 0.15) is 0 Å². The van der Waals surface area contributed by atoms with Crippen LogP contribution in [0.25, 0.3) is 0 Å². The summed E-state index contributed by atoms with van der Waals surface area (Å²) in [5, 5.41) is 7.39. The fourth-order valence-electron chi connectivity index (χ4n) is 2.60. The first-order valence-electron chi connectivity index (χ1n) is 6.58. The molecule has 1 aliphatic rings. The molecule has 2 aromatic rings. The summed E-state index contributed by atoms with van der Waals surface area (Å²) in [6.07, 6.45) is 3.83. The summed E-state index contributed by atoms with van der Waals surface area (Å²) in [4.78, 5) is 0. The van der Waals surface area contributed by atoms with E-state index >= 15 is 0 Å². The average Bonchev–Trinajstić information content (AvgIpc) is 2.81. The van der Waals surface area contributed by atoms with E-state index < -0.39 is 15.6 Å². The molecule has 0 atom stereocenters. The molecule has 1 aromatic carbocycles. The van der Waals surface area contributed by atoms with Crippen LogP contribution < -0.4 is 4.72 Å². The van der Waals surface area contributed by atoms with Crippen LogP contribution in [-0.4, -0.2) is 23.4 Å². The van der Waals surface area contributed by atoms with Crippen molar-refractivity contribution in [2.24, 2.45) is 7.05 Å². The molecular formula is C13H15BrN4O2S. The van der Waals surface area contributed by atoms with E-state index in [1.165, 1.54) is 10.9 Å². The SMILES string of the molecule is Cn1nncc1S(=O)(=O)NC1(c2cccc(Br)c2)CCC1. The molecule has 6 nitrogen and oxygen atoms in total. The molecule has 8 heteroatoms. The largest absolute Gasteiger partial charge is 0.260 e. The summed E-state index contributed by atoms with van der Waals surface area (Å²) in [6.45, 7) is 0. The Kier molecular flexibility index (Phi) is 3.62. The molecule has 3 rings (SSSR count). The highest BCUT2D eigenvalue weighted by Crippen LogP contribution is 2.42. The predicted octanol–water partition coefficient (Wildman–Crippen LogP) is 1.94. The zero-order valence-electron chi connectivity index (χ0n) is 11.5. The van der Waals surface area contributed by atoms with E-state index in [4.69, 9.17) is 0 Å². The van der Waals surface area contributed by atoms with Gasteiger partial charge in [0.25, 0.3) is 10.0 Å². The van der Waals surface area contributed by atoms with Gasteiger partial charge in [-0.05, 0) is 37.0 Å². The Morgan fingerprint density at radius 3 is 2.67 bits per heavy atom. The molecule has 0 saturated heterocycles. The van der Waals surface area contributed by atoms with Crippen LogP contribution in [0.2, 0.25) is 0 Å². The van der Waals surface area contributed by atoms with Gasteiger partial charge in [0.05, 0.1) is 11.7 Å². The lowest BCUT2D eigenvalue weighted by Gasteiger charge is -2.42. The Hall–Kier alpha value is -1.25. The van der Waals surface area contributed by atoms with Crippen molar-refractivity contribution in [2.75, 3.05) is 0 Å². The number of sulfonamides is 1. The minimum absolute atomic E-state index is 0.0729. The molecular weight excluding hydrogens is 356 g/mol. The van der Waals surface area contributed by atoms with Crippen LogP contribution in [0.1, 0.15) is 24.8 Å². The number of nitrogens with one attached hydrogen (secondary N) is 1. The van der Waals surface area contributed by atoms with E-state index in [0.29, 0.717) is 0 Å². The summed E-state index contributed by atoms with van der Waals surface area (Å²) >= 11 is 3.44. The molecule has 0 aliphatic heterocycles. The van der Waals surface area contributed by atoms with E-state index in [2.05, 4.69) is 31.0 Å². The minimum Gasteiger partial charge on any atom is -0.236 e. The number of aromatic nitrogens is 3. The number of hydrogen-bond acceptors (Lipinski definition) is 4. The van der Waals surface area contributed by atoms with Gasteiger partial charge in [-0.15, -0.1) is 5.10 Å². The third-order valence-corrected chi connectivity index (χ3v) is 5.94. The molecule has 0 bridgehead atoms. The van der Waals surface area contributed by atoms with E-state index in [-0.39, 0.29) is 5.03 Å². The number of benzene rings is 1. The van der Waals surface area contributed by atoms with Gasteiger partial charge >= 0.3 is 0 Å². The van der Waals surface area contributed by atoms with Crippen molar-refractivity contribution in [1.29, 1.82) is 0 Å². The van der Waals surface area contributed by atoms with Crippen molar-refractivity contribution < 1.29 is 8.42 Å². The maximum absolute atomic E-state index is 12.6. The van der Waals surface area contributed by atoms with Crippen LogP contribution in [0.15, 0.2) is 40.0 Å². The molecule has 1 saturated carbocycles. The Labute approximate surface area is 131 Å². The fourth-order valence-corrected chi connectivity index (χ4v) is 4.51. The average molecular weight is 371 g/mol. The molecule has 1 heterocycles. The van der Waals surface area contributed by atoms with Gasteiger partial charge in [-0.2, -0.15) is 4.72 Å². The zero-order chi connectivity index (χ0) is 15.1. The third-order valence-electron chi connectivity index (χ3n) is 3.86. The van der Waals surface area contributed by atoms with Gasteiger partial charge in [0.15, 0.2) is 5.03 Å². The summed E-state index contributed by atoms with van der Waals surface area (Å²) in [5.41, 5.74) is 0.439. The summed E-state index contributed by atoms with van der Waals surface area (Å²) in [5.74, 6) is 0. The normalized spacial score (nSPS) is 17.4. The second kappa shape index (κ2) is 5.19. The highest BCUT2D eigenvalue weighted by atomic mass is 79.9. The van der Waals surface area contributed by atoms with E-state index in [1.54, 1.807) is 7.05 Å². The lowest BCUT2D eigenvalue weighted by Crippen LogP contribution is -2.50. The Morgan fingerprint density at radius 2 is 2.14 bits per heavy atom. The maximum atomic E-state index is 12.6. The van der Waals surface area contributed by atoms with Gasteiger partial charge in [0, 0.05) is 11.5 Å². The third kappa shape index (κ3) is 2.63. The highest BCUT2D eigenvalue weighted by molar-refractivity contribution is 9.10. The smallest absolute Gasteiger partial charge is 0.236 e. The Balaban J connectivity index is 1.97. The second-order valence-corrected chi connectivity index (χ2v) is 7.79. The fraction of sp³-hybridized carbons (Fsp3) is 0.385. The summed E-state index contributed by atoms with van der Waals surface area (Å²) in [7, 11) is -2.09. The van der Waals surface area contributed by atoms with Crippen molar-refractivity contribution in [3.8, 4) is 0 Å². The van der Waals surface area contributed by atoms with Crippen LogP contribution in [0.5, 0.6) is 0 Å². The van der Waals surface area contributed by atoms with Gasteiger partial charge in [0.2, 0.25) is 0 Å². The first-order valence-corrected chi connectivity index (χ1v) is 8.85. The van der Waals surface area contributed by atoms with Crippen LogP contribution in [-0.2, 0) is 22.6 Å². The van der Waals surface area contributed by atoms with Gasteiger partial charge < -0.3 is 0 Å². The van der Waals surface area contributed by atoms with Crippen molar-refractivity contribution in [3.05, 3.63) is 40.5 Å². The number of halogens is 1. The van der Waals surface area contributed by atoms with Crippen LogP contribution in [0.4, 0.5) is 0 Å². The number of nitrogens with zero attached hydrogens (tertiary/aromatic N) is 3. The lowest BCUT2D eigenvalue weighted by atomic mass is 9.73. The molecule has 1 aliphatic carbocycles. The number of hydrogen-bond donors (Lipinski definition) is 1.